The Bertz CT molecular complexity index is 204. The van der Waals surface area contributed by atoms with Gasteiger partial charge < -0.3 is 15.7 Å². The van der Waals surface area contributed by atoms with Crippen molar-refractivity contribution in [3.63, 3.8) is 0 Å². The Morgan fingerprint density at radius 1 is 1.36 bits per heavy atom. The third kappa shape index (κ3) is 5.53. The van der Waals surface area contributed by atoms with Crippen LogP contribution in [0.15, 0.2) is 0 Å². The number of rotatable bonds is 6. The lowest BCUT2D eigenvalue weighted by Crippen LogP contribution is -2.43. The first kappa shape index (κ1) is 12.9. The van der Waals surface area contributed by atoms with Crippen LogP contribution in [0, 0.1) is 5.92 Å². The smallest absolute Gasteiger partial charge is 0.305 e. The van der Waals surface area contributed by atoms with Crippen molar-refractivity contribution in [2.75, 3.05) is 13.6 Å². The molecule has 0 saturated carbocycles. The zero-order chi connectivity index (χ0) is 11.1. The number of amides is 1. The predicted octanol–water partition coefficient (Wildman–Crippen LogP) is -0.179. The zero-order valence-corrected chi connectivity index (χ0v) is 8.83. The van der Waals surface area contributed by atoms with Crippen LogP contribution in [0.5, 0.6) is 0 Å². The lowest BCUT2D eigenvalue weighted by atomic mass is 10.0. The summed E-state index contributed by atoms with van der Waals surface area (Å²) in [5.74, 6) is -0.951. The minimum atomic E-state index is -0.895. The normalized spacial score (nSPS) is 12.6. The molecule has 0 bridgehead atoms. The highest BCUT2D eigenvalue weighted by molar-refractivity contribution is 5.79. The van der Waals surface area contributed by atoms with Crippen LogP contribution in [-0.4, -0.2) is 36.6 Å². The molecule has 0 rings (SSSR count). The van der Waals surface area contributed by atoms with Gasteiger partial charge in [-0.05, 0) is 13.0 Å². The van der Waals surface area contributed by atoms with E-state index in [0.29, 0.717) is 0 Å². The van der Waals surface area contributed by atoms with E-state index in [1.165, 1.54) is 0 Å². The van der Waals surface area contributed by atoms with Gasteiger partial charge in [-0.1, -0.05) is 13.8 Å². The molecule has 0 aliphatic rings. The summed E-state index contributed by atoms with van der Waals surface area (Å²) < 4.78 is 0. The lowest BCUT2D eigenvalue weighted by molar-refractivity contribution is -0.138. The number of hydrogen-bond donors (Lipinski definition) is 3. The number of aliphatic carboxylic acids is 1. The minimum absolute atomic E-state index is 0.0346. The van der Waals surface area contributed by atoms with Crippen molar-refractivity contribution < 1.29 is 14.7 Å². The number of carboxylic acid groups (broad SMARTS) is 1. The van der Waals surface area contributed by atoms with Crippen LogP contribution in [0.25, 0.3) is 0 Å². The molecule has 0 aromatic heterocycles. The molecule has 0 radical (unpaired) electrons. The van der Waals surface area contributed by atoms with Gasteiger partial charge in [-0.3, -0.25) is 9.59 Å². The molecule has 0 aromatic carbocycles. The van der Waals surface area contributed by atoms with E-state index < -0.39 is 5.97 Å². The van der Waals surface area contributed by atoms with Crippen molar-refractivity contribution in [2.24, 2.45) is 5.92 Å². The first-order valence-electron chi connectivity index (χ1n) is 4.63. The quantitative estimate of drug-likeness (QED) is 0.558. The molecule has 82 valence electrons. The van der Waals surface area contributed by atoms with E-state index >= 15 is 0 Å². The van der Waals surface area contributed by atoms with Crippen molar-refractivity contribution >= 4 is 11.9 Å². The Hall–Kier alpha value is -1.10. The Labute approximate surface area is 83.9 Å². The predicted molar refractivity (Wildman–Crippen MR) is 52.9 cm³/mol. The number of carbonyl (C=O) groups excluding carboxylic acids is 1. The molecule has 0 aromatic rings. The average molecular weight is 202 g/mol. The number of carbonyl (C=O) groups is 2. The number of carboxylic acids is 1. The van der Waals surface area contributed by atoms with E-state index in [4.69, 9.17) is 5.11 Å². The van der Waals surface area contributed by atoms with E-state index in [-0.39, 0.29) is 30.8 Å². The minimum Gasteiger partial charge on any atom is -0.481 e. The van der Waals surface area contributed by atoms with Crippen LogP contribution in [0.4, 0.5) is 0 Å². The number of hydrogen-bond acceptors (Lipinski definition) is 3. The van der Waals surface area contributed by atoms with Crippen molar-refractivity contribution in [3.8, 4) is 0 Å². The molecule has 0 spiro atoms. The van der Waals surface area contributed by atoms with Crippen LogP contribution < -0.4 is 10.6 Å². The maximum absolute atomic E-state index is 11.2. The molecule has 0 saturated heterocycles. The van der Waals surface area contributed by atoms with Crippen LogP contribution in [-0.2, 0) is 9.59 Å². The third-order valence-electron chi connectivity index (χ3n) is 1.88. The maximum Gasteiger partial charge on any atom is 0.305 e. The van der Waals surface area contributed by atoms with E-state index in [1.807, 2.05) is 13.8 Å². The highest BCUT2D eigenvalue weighted by Gasteiger charge is 2.18. The fraction of sp³-hybridized carbons (Fsp3) is 0.778. The molecule has 14 heavy (non-hydrogen) atoms. The molecule has 0 heterocycles. The SMILES string of the molecule is CNCC(=O)NC(CC(=O)O)C(C)C. The molecule has 1 amide bonds. The third-order valence-corrected chi connectivity index (χ3v) is 1.88. The van der Waals surface area contributed by atoms with Crippen LogP contribution in [0.3, 0.4) is 0 Å². The van der Waals surface area contributed by atoms with Crippen LogP contribution in [0.1, 0.15) is 20.3 Å². The summed E-state index contributed by atoms with van der Waals surface area (Å²) in [6.07, 6.45) is -0.0346. The Morgan fingerprint density at radius 3 is 2.29 bits per heavy atom. The summed E-state index contributed by atoms with van der Waals surface area (Å²) in [7, 11) is 1.67. The van der Waals surface area contributed by atoms with Gasteiger partial charge in [0.25, 0.3) is 0 Å². The second kappa shape index (κ2) is 6.37. The molecular formula is C9H18N2O3. The number of nitrogens with one attached hydrogen (secondary N) is 2. The van der Waals surface area contributed by atoms with Gasteiger partial charge in [0.2, 0.25) is 5.91 Å². The van der Waals surface area contributed by atoms with Crippen LogP contribution in [0.2, 0.25) is 0 Å². The zero-order valence-electron chi connectivity index (χ0n) is 8.83. The van der Waals surface area contributed by atoms with E-state index in [0.717, 1.165) is 0 Å². The van der Waals surface area contributed by atoms with Gasteiger partial charge in [0.1, 0.15) is 0 Å². The van der Waals surface area contributed by atoms with Gasteiger partial charge in [0.15, 0.2) is 0 Å². The van der Waals surface area contributed by atoms with Gasteiger partial charge in [0.05, 0.1) is 13.0 Å². The fourth-order valence-electron chi connectivity index (χ4n) is 1.06. The summed E-state index contributed by atoms with van der Waals surface area (Å²) in [4.78, 5) is 21.7. The Balaban J connectivity index is 4.09. The molecule has 0 aliphatic heterocycles. The fourth-order valence-corrected chi connectivity index (χ4v) is 1.06. The Kier molecular flexibility index (Phi) is 5.87. The van der Waals surface area contributed by atoms with Crippen LogP contribution >= 0.6 is 0 Å². The van der Waals surface area contributed by atoms with E-state index in [1.54, 1.807) is 7.05 Å². The summed E-state index contributed by atoms with van der Waals surface area (Å²) in [6.45, 7) is 3.98. The summed E-state index contributed by atoms with van der Waals surface area (Å²) in [5.41, 5.74) is 0. The first-order valence-corrected chi connectivity index (χ1v) is 4.63. The molecule has 0 fully saturated rings. The van der Waals surface area contributed by atoms with E-state index in [2.05, 4.69) is 10.6 Å². The largest absolute Gasteiger partial charge is 0.481 e. The van der Waals surface area contributed by atoms with Gasteiger partial charge >= 0.3 is 5.97 Å². The second-order valence-corrected chi connectivity index (χ2v) is 3.55. The highest BCUT2D eigenvalue weighted by atomic mass is 16.4. The Morgan fingerprint density at radius 2 is 1.93 bits per heavy atom. The summed E-state index contributed by atoms with van der Waals surface area (Å²) >= 11 is 0. The monoisotopic (exact) mass is 202 g/mol. The summed E-state index contributed by atoms with van der Waals surface area (Å²) in [5, 5.41) is 14.0. The molecule has 3 N–H and O–H groups in total. The van der Waals surface area contributed by atoms with Crippen molar-refractivity contribution in [1.29, 1.82) is 0 Å². The average Bonchev–Trinajstić information content (AvgIpc) is 2.02. The van der Waals surface area contributed by atoms with Gasteiger partial charge in [-0.2, -0.15) is 0 Å². The van der Waals surface area contributed by atoms with E-state index in [9.17, 15) is 9.59 Å². The topological polar surface area (TPSA) is 78.4 Å². The first-order chi connectivity index (χ1) is 6.47. The van der Waals surface area contributed by atoms with Crippen molar-refractivity contribution in [1.82, 2.24) is 10.6 Å². The highest BCUT2D eigenvalue weighted by Crippen LogP contribution is 2.05. The molecule has 5 heteroatoms. The van der Waals surface area contributed by atoms with Gasteiger partial charge in [-0.15, -0.1) is 0 Å². The summed E-state index contributed by atoms with van der Waals surface area (Å²) in [6, 6.07) is -0.298. The molecule has 0 aliphatic carbocycles. The standard InChI is InChI=1S/C9H18N2O3/c1-6(2)7(4-9(13)14)11-8(12)5-10-3/h6-7,10H,4-5H2,1-3H3,(H,11,12)(H,13,14). The van der Waals surface area contributed by atoms with Gasteiger partial charge in [-0.25, -0.2) is 0 Å². The second-order valence-electron chi connectivity index (χ2n) is 3.55. The number of likely N-dealkylation sites (N-methyl/N-ethyl adjacent to an activating group) is 1. The molecule has 5 nitrogen and oxygen atoms in total. The van der Waals surface area contributed by atoms with Gasteiger partial charge in [0, 0.05) is 6.04 Å². The lowest BCUT2D eigenvalue weighted by Gasteiger charge is -2.20. The molecule has 1 atom stereocenters. The maximum atomic E-state index is 11.2. The molecule has 1 unspecified atom stereocenters. The van der Waals surface area contributed by atoms with Crippen molar-refractivity contribution in [2.45, 2.75) is 26.3 Å². The van der Waals surface area contributed by atoms with Crippen molar-refractivity contribution in [3.05, 3.63) is 0 Å². The molecular weight excluding hydrogens is 184 g/mol.